The van der Waals surface area contributed by atoms with Crippen molar-refractivity contribution in [3.8, 4) is 0 Å². The molecule has 0 aromatic heterocycles. The second-order valence-corrected chi connectivity index (χ2v) is 6.96. The highest BCUT2D eigenvalue weighted by atomic mass is 16.4. The van der Waals surface area contributed by atoms with Gasteiger partial charge in [0.15, 0.2) is 0 Å². The van der Waals surface area contributed by atoms with Gasteiger partial charge in [-0.15, -0.1) is 0 Å². The van der Waals surface area contributed by atoms with Gasteiger partial charge < -0.3 is 15.7 Å². The third-order valence-corrected chi connectivity index (χ3v) is 3.37. The Morgan fingerprint density at radius 1 is 1.10 bits per heavy atom. The first-order valence-corrected chi connectivity index (χ1v) is 7.49. The van der Waals surface area contributed by atoms with Gasteiger partial charge >= 0.3 is 12.0 Å². The van der Waals surface area contributed by atoms with Gasteiger partial charge in [-0.25, -0.2) is 9.59 Å². The molecule has 1 unspecified atom stereocenters. The Balaban J connectivity index is 4.35. The van der Waals surface area contributed by atoms with Gasteiger partial charge in [0.25, 0.3) is 0 Å². The number of hydrogen-bond donors (Lipinski definition) is 3. The summed E-state index contributed by atoms with van der Waals surface area (Å²) in [6.07, 6.45) is 0. The van der Waals surface area contributed by atoms with Crippen molar-refractivity contribution in [3.63, 3.8) is 0 Å². The van der Waals surface area contributed by atoms with Gasteiger partial charge in [0.05, 0.1) is 0 Å². The number of carbonyl (C=O) groups excluding carboxylic acids is 1. The van der Waals surface area contributed by atoms with Crippen LogP contribution in [0.1, 0.15) is 48.5 Å². The van der Waals surface area contributed by atoms with Crippen LogP contribution in [0.2, 0.25) is 0 Å². The quantitative estimate of drug-likeness (QED) is 0.671. The molecule has 0 bridgehead atoms. The molecule has 0 aliphatic rings. The highest BCUT2D eigenvalue weighted by Gasteiger charge is 2.32. The molecule has 2 amide bonds. The summed E-state index contributed by atoms with van der Waals surface area (Å²) in [7, 11) is 0. The number of carbonyl (C=O) groups is 2. The maximum atomic E-state index is 11.8. The molecule has 0 fully saturated rings. The molecule has 0 aromatic carbocycles. The highest BCUT2D eigenvalue weighted by molar-refractivity contribution is 5.83. The summed E-state index contributed by atoms with van der Waals surface area (Å²) >= 11 is 0. The van der Waals surface area contributed by atoms with Crippen LogP contribution < -0.4 is 10.6 Å². The van der Waals surface area contributed by atoms with Crippen LogP contribution in [0.25, 0.3) is 0 Å². The Morgan fingerprint density at radius 3 is 1.90 bits per heavy atom. The number of nitrogens with zero attached hydrogens (tertiary/aromatic N) is 1. The minimum atomic E-state index is -1.02. The van der Waals surface area contributed by atoms with E-state index in [2.05, 4.69) is 43.2 Å². The average Bonchev–Trinajstić information content (AvgIpc) is 2.28. The molecular weight excluding hydrogens is 270 g/mol. The molecular formula is C15H31N3O3. The van der Waals surface area contributed by atoms with Gasteiger partial charge in [-0.3, -0.25) is 4.90 Å². The summed E-state index contributed by atoms with van der Waals surface area (Å²) in [5.74, 6) is -1.02. The van der Waals surface area contributed by atoms with Crippen LogP contribution in [0, 0.1) is 5.41 Å². The lowest BCUT2D eigenvalue weighted by atomic mass is 9.87. The van der Waals surface area contributed by atoms with Gasteiger partial charge in [0, 0.05) is 25.2 Å². The first-order valence-electron chi connectivity index (χ1n) is 7.49. The van der Waals surface area contributed by atoms with Crippen LogP contribution in [0.5, 0.6) is 0 Å². The van der Waals surface area contributed by atoms with Gasteiger partial charge in [-0.05, 0) is 33.1 Å². The van der Waals surface area contributed by atoms with Crippen LogP contribution in [0.15, 0.2) is 0 Å². The molecule has 0 spiro atoms. The van der Waals surface area contributed by atoms with Crippen molar-refractivity contribution in [3.05, 3.63) is 0 Å². The minimum Gasteiger partial charge on any atom is -0.480 e. The minimum absolute atomic E-state index is 0.399. The van der Waals surface area contributed by atoms with E-state index in [0.29, 0.717) is 18.6 Å². The smallest absolute Gasteiger partial charge is 0.326 e. The number of rotatable bonds is 7. The predicted octanol–water partition coefficient (Wildman–Crippen LogP) is 1.90. The number of amides is 2. The van der Waals surface area contributed by atoms with E-state index in [0.717, 1.165) is 6.54 Å². The lowest BCUT2D eigenvalue weighted by Gasteiger charge is -2.31. The van der Waals surface area contributed by atoms with E-state index in [4.69, 9.17) is 5.11 Å². The number of carboxylic acids is 1. The summed E-state index contributed by atoms with van der Waals surface area (Å²) in [5, 5.41) is 14.4. The Bertz CT molecular complexity index is 341. The fourth-order valence-corrected chi connectivity index (χ4v) is 2.24. The molecule has 0 heterocycles. The normalized spacial score (nSPS) is 13.6. The summed E-state index contributed by atoms with van der Waals surface area (Å²) in [6, 6.07) is -0.555. The fourth-order valence-electron chi connectivity index (χ4n) is 2.24. The average molecular weight is 301 g/mol. The van der Waals surface area contributed by atoms with Gasteiger partial charge in [-0.2, -0.15) is 0 Å². The zero-order valence-corrected chi connectivity index (χ0v) is 14.4. The van der Waals surface area contributed by atoms with E-state index in [-0.39, 0.29) is 0 Å². The molecule has 0 aliphatic heterocycles. The van der Waals surface area contributed by atoms with Gasteiger partial charge in [-0.1, -0.05) is 20.8 Å². The first-order chi connectivity index (χ1) is 9.46. The first kappa shape index (κ1) is 19.7. The van der Waals surface area contributed by atoms with Gasteiger partial charge in [0.2, 0.25) is 0 Å². The molecule has 0 rings (SSSR count). The van der Waals surface area contributed by atoms with Crippen LogP contribution in [-0.4, -0.2) is 53.2 Å². The van der Waals surface area contributed by atoms with Crippen molar-refractivity contribution in [1.29, 1.82) is 0 Å². The molecule has 1 atom stereocenters. The number of aliphatic carboxylic acids is 1. The molecule has 6 nitrogen and oxygen atoms in total. The third kappa shape index (κ3) is 7.32. The molecule has 21 heavy (non-hydrogen) atoms. The fraction of sp³-hybridized carbons (Fsp3) is 0.867. The van der Waals surface area contributed by atoms with Crippen molar-refractivity contribution >= 4 is 12.0 Å². The number of nitrogens with one attached hydrogen (secondary N) is 2. The van der Waals surface area contributed by atoms with Crippen molar-refractivity contribution in [2.24, 2.45) is 5.41 Å². The maximum Gasteiger partial charge on any atom is 0.326 e. The predicted molar refractivity (Wildman–Crippen MR) is 84.4 cm³/mol. The SMILES string of the molecule is CC(C)N(CCNC(=O)NC(C(=O)O)C(C)(C)C)C(C)C. The molecule has 0 aliphatic carbocycles. The second-order valence-electron chi connectivity index (χ2n) is 6.96. The van der Waals surface area contributed by atoms with Crippen LogP contribution in [-0.2, 0) is 4.79 Å². The molecule has 6 heteroatoms. The summed E-state index contributed by atoms with van der Waals surface area (Å²) in [6.45, 7) is 15.0. The molecule has 3 N–H and O–H groups in total. The largest absolute Gasteiger partial charge is 0.480 e. The topological polar surface area (TPSA) is 81.7 Å². The summed E-state index contributed by atoms with van der Waals surface area (Å²) in [4.78, 5) is 25.3. The summed E-state index contributed by atoms with van der Waals surface area (Å²) in [5.41, 5.74) is -0.537. The van der Waals surface area contributed by atoms with E-state index < -0.39 is 23.5 Å². The maximum absolute atomic E-state index is 11.8. The molecule has 124 valence electrons. The standard InChI is InChI=1S/C15H31N3O3/c1-10(2)18(11(3)4)9-8-16-14(21)17-12(13(19)20)15(5,6)7/h10-12H,8-9H2,1-7H3,(H,19,20)(H2,16,17,21). The lowest BCUT2D eigenvalue weighted by Crippen LogP contribution is -2.53. The molecule has 0 saturated carbocycles. The van der Waals surface area contributed by atoms with Crippen molar-refractivity contribution in [2.45, 2.75) is 66.6 Å². The highest BCUT2D eigenvalue weighted by Crippen LogP contribution is 2.19. The van der Waals surface area contributed by atoms with Crippen LogP contribution in [0.3, 0.4) is 0 Å². The van der Waals surface area contributed by atoms with E-state index in [1.165, 1.54) is 0 Å². The van der Waals surface area contributed by atoms with E-state index in [1.54, 1.807) is 20.8 Å². The van der Waals surface area contributed by atoms with Crippen LogP contribution >= 0.6 is 0 Å². The Morgan fingerprint density at radius 2 is 1.57 bits per heavy atom. The Kier molecular flexibility index (Phi) is 7.71. The van der Waals surface area contributed by atoms with Gasteiger partial charge in [0.1, 0.15) is 6.04 Å². The second kappa shape index (κ2) is 8.22. The zero-order valence-electron chi connectivity index (χ0n) is 14.4. The number of hydrogen-bond acceptors (Lipinski definition) is 3. The molecule has 0 radical (unpaired) electrons. The van der Waals surface area contributed by atoms with Crippen molar-refractivity contribution in [2.75, 3.05) is 13.1 Å². The third-order valence-electron chi connectivity index (χ3n) is 3.37. The Labute approximate surface area is 128 Å². The van der Waals surface area contributed by atoms with Crippen LogP contribution in [0.4, 0.5) is 4.79 Å². The summed E-state index contributed by atoms with van der Waals surface area (Å²) < 4.78 is 0. The monoisotopic (exact) mass is 301 g/mol. The van der Waals surface area contributed by atoms with E-state index >= 15 is 0 Å². The lowest BCUT2D eigenvalue weighted by molar-refractivity contribution is -0.141. The van der Waals surface area contributed by atoms with Crippen molar-refractivity contribution in [1.82, 2.24) is 15.5 Å². The molecule has 0 saturated heterocycles. The Hall–Kier alpha value is -1.30. The van der Waals surface area contributed by atoms with Crippen molar-refractivity contribution < 1.29 is 14.7 Å². The number of urea groups is 1. The number of carboxylic acid groups (broad SMARTS) is 1. The van der Waals surface area contributed by atoms with E-state index in [9.17, 15) is 9.59 Å². The van der Waals surface area contributed by atoms with E-state index in [1.807, 2.05) is 0 Å². The molecule has 0 aromatic rings. The zero-order chi connectivity index (χ0) is 16.8.